The first-order valence-corrected chi connectivity index (χ1v) is 10.1. The molecule has 10 heteroatoms. The van der Waals surface area contributed by atoms with E-state index in [1.165, 1.54) is 11.3 Å². The molecule has 29 heavy (non-hydrogen) atoms. The van der Waals surface area contributed by atoms with Crippen LogP contribution in [0.15, 0.2) is 23.6 Å². The first-order valence-electron chi connectivity index (χ1n) is 9.21. The summed E-state index contributed by atoms with van der Waals surface area (Å²) < 4.78 is 15.5. The Morgan fingerprint density at radius 2 is 1.79 bits per heavy atom. The second-order valence-corrected chi connectivity index (χ2v) is 7.07. The smallest absolute Gasteiger partial charge is 0.409 e. The molecule has 1 aromatic heterocycles. The van der Waals surface area contributed by atoms with Gasteiger partial charge in [-0.2, -0.15) is 0 Å². The second-order valence-electron chi connectivity index (χ2n) is 6.21. The van der Waals surface area contributed by atoms with E-state index in [1.54, 1.807) is 48.5 Å². The van der Waals surface area contributed by atoms with Gasteiger partial charge in [0.2, 0.25) is 0 Å². The molecule has 0 spiro atoms. The average Bonchev–Trinajstić information content (AvgIpc) is 3.21. The lowest BCUT2D eigenvalue weighted by Gasteiger charge is -2.33. The van der Waals surface area contributed by atoms with Gasteiger partial charge in [0.1, 0.15) is 5.69 Å². The van der Waals surface area contributed by atoms with Gasteiger partial charge in [-0.1, -0.05) is 0 Å². The molecule has 1 fully saturated rings. The van der Waals surface area contributed by atoms with Crippen molar-refractivity contribution >= 4 is 34.2 Å². The summed E-state index contributed by atoms with van der Waals surface area (Å²) in [5.41, 5.74) is 1.15. The molecule has 0 atom stereocenters. The highest BCUT2D eigenvalue weighted by Crippen LogP contribution is 2.31. The summed E-state index contributed by atoms with van der Waals surface area (Å²) in [6.45, 7) is 3.92. The van der Waals surface area contributed by atoms with Crippen molar-refractivity contribution in [3.63, 3.8) is 0 Å². The fourth-order valence-corrected chi connectivity index (χ4v) is 3.64. The molecule has 2 heterocycles. The standard InChI is InChI=1S/C19H24N4O5S/c1-4-28-19(25)23-9-7-22(8-10-23)17(24)14-12-29-18(21-14)20-13-5-6-15(26-2)16(11-13)27-3/h5-6,11-12H,4,7-10H2,1-3H3,(H,20,21). The van der Waals surface area contributed by atoms with Gasteiger partial charge in [-0.15, -0.1) is 11.3 Å². The van der Waals surface area contributed by atoms with Crippen LogP contribution in [0.5, 0.6) is 11.5 Å². The van der Waals surface area contributed by atoms with E-state index in [2.05, 4.69) is 10.3 Å². The number of amides is 2. The van der Waals surface area contributed by atoms with Crippen LogP contribution in [0.1, 0.15) is 17.4 Å². The predicted octanol–water partition coefficient (Wildman–Crippen LogP) is 2.82. The van der Waals surface area contributed by atoms with Gasteiger partial charge in [-0.25, -0.2) is 9.78 Å². The van der Waals surface area contributed by atoms with Crippen LogP contribution >= 0.6 is 11.3 Å². The van der Waals surface area contributed by atoms with Crippen molar-refractivity contribution in [3.05, 3.63) is 29.3 Å². The number of piperazine rings is 1. The van der Waals surface area contributed by atoms with Crippen LogP contribution in [-0.2, 0) is 4.74 Å². The fourth-order valence-electron chi connectivity index (χ4n) is 2.94. The monoisotopic (exact) mass is 420 g/mol. The first kappa shape index (κ1) is 20.7. The van der Waals surface area contributed by atoms with Gasteiger partial charge in [0.25, 0.3) is 5.91 Å². The zero-order chi connectivity index (χ0) is 20.8. The number of rotatable bonds is 6. The third-order valence-electron chi connectivity index (χ3n) is 4.45. The molecule has 1 N–H and O–H groups in total. The Morgan fingerprint density at radius 1 is 1.10 bits per heavy atom. The van der Waals surface area contributed by atoms with Crippen LogP contribution in [0.2, 0.25) is 0 Å². The third kappa shape index (κ3) is 4.89. The van der Waals surface area contributed by atoms with Crippen molar-refractivity contribution in [2.24, 2.45) is 0 Å². The van der Waals surface area contributed by atoms with Crippen LogP contribution in [0.25, 0.3) is 0 Å². The lowest BCUT2D eigenvalue weighted by atomic mass is 10.3. The molecule has 0 aliphatic carbocycles. The van der Waals surface area contributed by atoms with Crippen molar-refractivity contribution in [2.45, 2.75) is 6.92 Å². The number of anilines is 2. The number of methoxy groups -OCH3 is 2. The number of nitrogens with one attached hydrogen (secondary N) is 1. The van der Waals surface area contributed by atoms with Gasteiger partial charge in [-0.3, -0.25) is 4.79 Å². The van der Waals surface area contributed by atoms with E-state index < -0.39 is 0 Å². The predicted molar refractivity (Wildman–Crippen MR) is 109 cm³/mol. The third-order valence-corrected chi connectivity index (χ3v) is 5.21. The van der Waals surface area contributed by atoms with Crippen molar-refractivity contribution in [3.8, 4) is 11.5 Å². The Morgan fingerprint density at radius 3 is 2.45 bits per heavy atom. The maximum Gasteiger partial charge on any atom is 0.409 e. The Labute approximate surface area is 173 Å². The topological polar surface area (TPSA) is 93.2 Å². The van der Waals surface area contributed by atoms with E-state index in [9.17, 15) is 9.59 Å². The number of thiazole rings is 1. The quantitative estimate of drug-likeness (QED) is 0.768. The molecule has 2 amide bonds. The number of nitrogens with zero attached hydrogens (tertiary/aromatic N) is 3. The summed E-state index contributed by atoms with van der Waals surface area (Å²) in [5.74, 6) is 1.09. The van der Waals surface area contributed by atoms with Crippen LogP contribution in [0, 0.1) is 0 Å². The summed E-state index contributed by atoms with van der Waals surface area (Å²) in [4.78, 5) is 32.2. The molecule has 0 bridgehead atoms. The molecule has 2 aromatic rings. The van der Waals surface area contributed by atoms with E-state index in [-0.39, 0.29) is 12.0 Å². The van der Waals surface area contributed by atoms with E-state index in [4.69, 9.17) is 14.2 Å². The summed E-state index contributed by atoms with van der Waals surface area (Å²) in [7, 11) is 3.15. The number of carbonyl (C=O) groups excluding carboxylic acids is 2. The highest BCUT2D eigenvalue weighted by Gasteiger charge is 2.26. The minimum atomic E-state index is -0.338. The van der Waals surface area contributed by atoms with Crippen LogP contribution < -0.4 is 14.8 Å². The number of hydrogen-bond acceptors (Lipinski definition) is 8. The maximum absolute atomic E-state index is 12.7. The van der Waals surface area contributed by atoms with Crippen molar-refractivity contribution in [2.75, 3.05) is 52.3 Å². The molecule has 9 nitrogen and oxygen atoms in total. The highest BCUT2D eigenvalue weighted by molar-refractivity contribution is 7.14. The molecule has 1 aliphatic heterocycles. The lowest BCUT2D eigenvalue weighted by molar-refractivity contribution is 0.0566. The largest absolute Gasteiger partial charge is 0.493 e. The zero-order valence-electron chi connectivity index (χ0n) is 16.6. The van der Waals surface area contributed by atoms with Gasteiger partial charge in [0.05, 0.1) is 20.8 Å². The van der Waals surface area contributed by atoms with E-state index in [1.807, 2.05) is 6.07 Å². The Bertz CT molecular complexity index is 864. The molecule has 1 aliphatic rings. The van der Waals surface area contributed by atoms with E-state index >= 15 is 0 Å². The van der Waals surface area contributed by atoms with E-state index in [0.29, 0.717) is 55.1 Å². The number of hydrogen-bond donors (Lipinski definition) is 1. The van der Waals surface area contributed by atoms with Gasteiger partial charge >= 0.3 is 6.09 Å². The molecular formula is C19H24N4O5S. The molecule has 0 radical (unpaired) electrons. The van der Waals surface area contributed by atoms with Gasteiger partial charge in [0, 0.05) is 43.3 Å². The summed E-state index contributed by atoms with van der Waals surface area (Å²) in [6.07, 6.45) is -0.338. The number of carbonyl (C=O) groups is 2. The van der Waals surface area contributed by atoms with Crippen molar-refractivity contribution < 1.29 is 23.8 Å². The number of aromatic nitrogens is 1. The van der Waals surface area contributed by atoms with Gasteiger partial charge in [-0.05, 0) is 19.1 Å². The number of benzene rings is 1. The molecule has 1 saturated heterocycles. The SMILES string of the molecule is CCOC(=O)N1CCN(C(=O)c2csc(Nc3ccc(OC)c(OC)c3)n2)CC1. The summed E-state index contributed by atoms with van der Waals surface area (Å²) >= 11 is 1.35. The lowest BCUT2D eigenvalue weighted by Crippen LogP contribution is -2.50. The Kier molecular flexibility index (Phi) is 6.76. The Hall–Kier alpha value is -3.01. The summed E-state index contributed by atoms with van der Waals surface area (Å²) in [6, 6.07) is 5.44. The Balaban J connectivity index is 1.60. The normalized spacial score (nSPS) is 13.8. The molecular weight excluding hydrogens is 396 g/mol. The average molecular weight is 420 g/mol. The molecule has 3 rings (SSSR count). The van der Waals surface area contributed by atoms with E-state index in [0.717, 1.165) is 5.69 Å². The number of ether oxygens (including phenoxy) is 3. The molecule has 0 saturated carbocycles. The minimum Gasteiger partial charge on any atom is -0.493 e. The molecule has 1 aromatic carbocycles. The first-order chi connectivity index (χ1) is 14.0. The highest BCUT2D eigenvalue weighted by atomic mass is 32.1. The van der Waals surface area contributed by atoms with Gasteiger partial charge in [0.15, 0.2) is 16.6 Å². The molecule has 156 valence electrons. The van der Waals surface area contributed by atoms with Crippen LogP contribution in [-0.4, -0.2) is 73.8 Å². The summed E-state index contributed by atoms with van der Waals surface area (Å²) in [5, 5.41) is 5.50. The maximum atomic E-state index is 12.7. The van der Waals surface area contributed by atoms with Gasteiger partial charge < -0.3 is 29.3 Å². The van der Waals surface area contributed by atoms with Crippen LogP contribution in [0.4, 0.5) is 15.6 Å². The van der Waals surface area contributed by atoms with Crippen molar-refractivity contribution in [1.82, 2.24) is 14.8 Å². The fraction of sp³-hybridized carbons (Fsp3) is 0.421. The van der Waals surface area contributed by atoms with Crippen LogP contribution in [0.3, 0.4) is 0 Å². The molecule has 0 unspecified atom stereocenters. The second kappa shape index (κ2) is 9.46. The van der Waals surface area contributed by atoms with Crippen molar-refractivity contribution in [1.29, 1.82) is 0 Å². The minimum absolute atomic E-state index is 0.148. The zero-order valence-corrected chi connectivity index (χ0v) is 17.5.